The Hall–Kier alpha value is -1.85. The topological polar surface area (TPSA) is 59.0 Å². The Morgan fingerprint density at radius 2 is 1.89 bits per heavy atom. The number of nitrogens with one attached hydrogen (secondary N) is 2. The van der Waals surface area contributed by atoms with Crippen molar-refractivity contribution >= 4 is 18.3 Å². The van der Waals surface area contributed by atoms with Gasteiger partial charge in [-0.3, -0.25) is 9.48 Å². The van der Waals surface area contributed by atoms with E-state index < -0.39 is 5.54 Å². The molecule has 6 heteroatoms. The maximum Gasteiger partial charge on any atom is 0.248 e. The van der Waals surface area contributed by atoms with Crippen LogP contribution in [-0.2, 0) is 22.2 Å². The third kappa shape index (κ3) is 4.90. The predicted octanol–water partition coefficient (Wildman–Crippen LogP) is 3.04. The molecule has 1 aliphatic rings. The number of hydrogen-bond donors (Lipinski definition) is 2. The zero-order valence-electron chi connectivity index (χ0n) is 16.5. The van der Waals surface area contributed by atoms with Gasteiger partial charge in [0.1, 0.15) is 5.54 Å². The lowest BCUT2D eigenvalue weighted by atomic mass is 9.86. The van der Waals surface area contributed by atoms with Crippen molar-refractivity contribution in [2.45, 2.75) is 51.0 Å². The van der Waals surface area contributed by atoms with Crippen LogP contribution in [0.2, 0.25) is 0 Å². The molecule has 148 valence electrons. The molecule has 0 radical (unpaired) electrons. The first-order valence-corrected chi connectivity index (χ1v) is 9.50. The number of nitrogens with zero attached hydrogens (tertiary/aromatic N) is 2. The Kier molecular flexibility index (Phi) is 7.06. The molecule has 2 aromatic rings. The summed E-state index contributed by atoms with van der Waals surface area (Å²) in [4.78, 5) is 13.0. The van der Waals surface area contributed by atoms with Crippen molar-refractivity contribution in [3.05, 3.63) is 53.9 Å². The summed E-state index contributed by atoms with van der Waals surface area (Å²) >= 11 is 0. The van der Waals surface area contributed by atoms with Crippen molar-refractivity contribution in [2.75, 3.05) is 19.6 Å². The number of carbonyl (C=O) groups is 1. The maximum atomic E-state index is 13.0. The van der Waals surface area contributed by atoms with Crippen LogP contribution in [0.5, 0.6) is 0 Å². The van der Waals surface area contributed by atoms with Crippen molar-refractivity contribution in [3.63, 3.8) is 0 Å². The molecular weight excluding hydrogens is 360 g/mol. The second-order valence-corrected chi connectivity index (χ2v) is 8.19. The molecule has 1 aromatic heterocycles. The van der Waals surface area contributed by atoms with Gasteiger partial charge in [0.15, 0.2) is 0 Å². The van der Waals surface area contributed by atoms with Crippen LogP contribution < -0.4 is 10.6 Å². The SMILES string of the molecule is CC(C)(C)c1ccc(CCNC(=O)C2(n3cccn3)CCNCC2)cc1.Cl. The van der Waals surface area contributed by atoms with Gasteiger partial charge in [-0.15, -0.1) is 12.4 Å². The van der Waals surface area contributed by atoms with Gasteiger partial charge in [-0.2, -0.15) is 5.10 Å². The molecule has 27 heavy (non-hydrogen) atoms. The van der Waals surface area contributed by atoms with Gasteiger partial charge in [0.2, 0.25) is 5.91 Å². The summed E-state index contributed by atoms with van der Waals surface area (Å²) in [6.07, 6.45) is 6.01. The number of halogens is 1. The van der Waals surface area contributed by atoms with Crippen molar-refractivity contribution < 1.29 is 4.79 Å². The smallest absolute Gasteiger partial charge is 0.248 e. The normalized spacial score (nSPS) is 16.4. The van der Waals surface area contributed by atoms with Gasteiger partial charge >= 0.3 is 0 Å². The summed E-state index contributed by atoms with van der Waals surface area (Å²) < 4.78 is 1.83. The Bertz CT molecular complexity index is 714. The lowest BCUT2D eigenvalue weighted by Crippen LogP contribution is -2.54. The molecule has 1 fully saturated rings. The maximum absolute atomic E-state index is 13.0. The highest BCUT2D eigenvalue weighted by Gasteiger charge is 2.41. The third-order valence-corrected chi connectivity index (χ3v) is 5.32. The van der Waals surface area contributed by atoms with Gasteiger partial charge in [0, 0.05) is 18.9 Å². The van der Waals surface area contributed by atoms with Gasteiger partial charge in [-0.25, -0.2) is 0 Å². The number of piperidine rings is 1. The fourth-order valence-corrected chi connectivity index (χ4v) is 3.58. The van der Waals surface area contributed by atoms with Crippen molar-refractivity contribution in [3.8, 4) is 0 Å². The molecule has 2 N–H and O–H groups in total. The summed E-state index contributed by atoms with van der Waals surface area (Å²) in [6.45, 7) is 8.97. The first-order chi connectivity index (χ1) is 12.4. The van der Waals surface area contributed by atoms with Crippen LogP contribution in [0.3, 0.4) is 0 Å². The second-order valence-electron chi connectivity index (χ2n) is 8.19. The first kappa shape index (κ1) is 21.5. The standard InChI is InChI=1S/C21H30N4O.ClH/c1-20(2,3)18-7-5-17(6-8-18)9-13-23-19(26)21(10-14-22-15-11-21)25-16-4-12-24-25;/h4-8,12,16,22H,9-11,13-15H2,1-3H3,(H,23,26);1H. The second kappa shape index (κ2) is 8.89. The fraction of sp³-hybridized carbons (Fsp3) is 0.524. The van der Waals surface area contributed by atoms with E-state index in [1.807, 2.05) is 16.9 Å². The van der Waals surface area contributed by atoms with Gasteiger partial charge in [0.05, 0.1) is 0 Å². The van der Waals surface area contributed by atoms with Crippen molar-refractivity contribution in [1.82, 2.24) is 20.4 Å². The molecule has 0 bridgehead atoms. The summed E-state index contributed by atoms with van der Waals surface area (Å²) in [6, 6.07) is 10.6. The zero-order valence-corrected chi connectivity index (χ0v) is 17.3. The Balaban J connectivity index is 0.00000261. The minimum absolute atomic E-state index is 0. The Morgan fingerprint density at radius 3 is 2.44 bits per heavy atom. The lowest BCUT2D eigenvalue weighted by Gasteiger charge is -2.36. The molecule has 3 rings (SSSR count). The first-order valence-electron chi connectivity index (χ1n) is 9.50. The van der Waals surface area contributed by atoms with E-state index in [4.69, 9.17) is 0 Å². The number of benzene rings is 1. The average molecular weight is 391 g/mol. The minimum atomic E-state index is -0.565. The molecule has 1 saturated heterocycles. The van der Waals surface area contributed by atoms with Crippen LogP contribution in [0.1, 0.15) is 44.7 Å². The Morgan fingerprint density at radius 1 is 1.22 bits per heavy atom. The van der Waals surface area contributed by atoms with E-state index in [2.05, 4.69) is 60.8 Å². The molecule has 0 atom stereocenters. The van der Waals surface area contributed by atoms with E-state index in [9.17, 15) is 4.79 Å². The number of aromatic nitrogens is 2. The zero-order chi connectivity index (χ0) is 18.6. The number of amides is 1. The highest BCUT2D eigenvalue weighted by Crippen LogP contribution is 2.27. The molecule has 1 aromatic carbocycles. The molecule has 5 nitrogen and oxygen atoms in total. The quantitative estimate of drug-likeness (QED) is 0.824. The van der Waals surface area contributed by atoms with Gasteiger partial charge < -0.3 is 10.6 Å². The molecule has 0 unspecified atom stereocenters. The summed E-state index contributed by atoms with van der Waals surface area (Å²) in [5, 5.41) is 10.8. The van der Waals surface area contributed by atoms with Crippen LogP contribution >= 0.6 is 12.4 Å². The summed E-state index contributed by atoms with van der Waals surface area (Å²) in [5.74, 6) is 0.0778. The summed E-state index contributed by atoms with van der Waals surface area (Å²) in [5.41, 5.74) is 2.18. The largest absolute Gasteiger partial charge is 0.354 e. The van der Waals surface area contributed by atoms with Crippen molar-refractivity contribution in [2.24, 2.45) is 0 Å². The minimum Gasteiger partial charge on any atom is -0.354 e. The average Bonchev–Trinajstić information content (AvgIpc) is 3.17. The van der Waals surface area contributed by atoms with E-state index in [1.54, 1.807) is 6.20 Å². The van der Waals surface area contributed by atoms with Crippen molar-refractivity contribution in [1.29, 1.82) is 0 Å². The van der Waals surface area contributed by atoms with Crippen LogP contribution in [0.25, 0.3) is 0 Å². The van der Waals surface area contributed by atoms with Gasteiger partial charge in [-0.1, -0.05) is 45.0 Å². The summed E-state index contributed by atoms with van der Waals surface area (Å²) in [7, 11) is 0. The van der Waals surface area contributed by atoms with E-state index in [1.165, 1.54) is 11.1 Å². The molecule has 1 aliphatic heterocycles. The lowest BCUT2D eigenvalue weighted by molar-refractivity contribution is -0.131. The highest BCUT2D eigenvalue weighted by atomic mass is 35.5. The van der Waals surface area contributed by atoms with Crippen LogP contribution in [0.15, 0.2) is 42.7 Å². The van der Waals surface area contributed by atoms with Crippen LogP contribution in [-0.4, -0.2) is 35.3 Å². The molecule has 0 spiro atoms. The van der Waals surface area contributed by atoms with E-state index in [0.717, 1.165) is 32.4 Å². The van der Waals surface area contributed by atoms with E-state index in [-0.39, 0.29) is 23.7 Å². The Labute approximate surface area is 168 Å². The molecular formula is C21H31ClN4O. The molecule has 0 saturated carbocycles. The third-order valence-electron chi connectivity index (χ3n) is 5.32. The highest BCUT2D eigenvalue weighted by molar-refractivity contribution is 5.85. The number of rotatable bonds is 5. The van der Waals surface area contributed by atoms with Gasteiger partial charge in [-0.05, 0) is 55.0 Å². The van der Waals surface area contributed by atoms with E-state index >= 15 is 0 Å². The molecule has 0 aliphatic carbocycles. The monoisotopic (exact) mass is 390 g/mol. The predicted molar refractivity (Wildman–Crippen MR) is 111 cm³/mol. The van der Waals surface area contributed by atoms with E-state index in [0.29, 0.717) is 6.54 Å². The van der Waals surface area contributed by atoms with Gasteiger partial charge in [0.25, 0.3) is 0 Å². The molecule has 1 amide bonds. The van der Waals surface area contributed by atoms with Crippen LogP contribution in [0, 0.1) is 0 Å². The fourth-order valence-electron chi connectivity index (χ4n) is 3.58. The van der Waals surface area contributed by atoms with Crippen LogP contribution in [0.4, 0.5) is 0 Å². The number of carbonyl (C=O) groups excluding carboxylic acids is 1. The molecule has 2 heterocycles. The number of hydrogen-bond acceptors (Lipinski definition) is 3.